The molecule has 2 heterocycles. The van der Waals surface area contributed by atoms with E-state index in [9.17, 15) is 4.79 Å². The van der Waals surface area contributed by atoms with Gasteiger partial charge < -0.3 is 5.11 Å². The van der Waals surface area contributed by atoms with Crippen molar-refractivity contribution in [1.82, 2.24) is 14.4 Å². The third-order valence-corrected chi connectivity index (χ3v) is 2.80. The number of aromatic carboxylic acids is 1. The lowest BCUT2D eigenvalue weighted by Crippen LogP contribution is -2.03. The van der Waals surface area contributed by atoms with Crippen molar-refractivity contribution in [3.05, 3.63) is 23.2 Å². The van der Waals surface area contributed by atoms with Gasteiger partial charge in [0, 0.05) is 12.4 Å². The highest BCUT2D eigenvalue weighted by Crippen LogP contribution is 2.24. The van der Waals surface area contributed by atoms with Gasteiger partial charge in [-0.1, -0.05) is 11.6 Å². The van der Waals surface area contributed by atoms with Crippen molar-refractivity contribution < 1.29 is 9.90 Å². The van der Waals surface area contributed by atoms with Crippen LogP contribution in [0, 0.1) is 0 Å². The SMILES string of the molecule is CSc1nc2c(Cl)nccn2c1C(=O)O. The Morgan fingerprint density at radius 3 is 3.00 bits per heavy atom. The molecule has 0 aliphatic heterocycles. The van der Waals surface area contributed by atoms with Crippen molar-refractivity contribution in [1.29, 1.82) is 0 Å². The first-order valence-corrected chi connectivity index (χ1v) is 5.55. The number of nitrogens with zero attached hydrogens (tertiary/aromatic N) is 3. The monoisotopic (exact) mass is 243 g/mol. The maximum Gasteiger partial charge on any atom is 0.355 e. The molecule has 15 heavy (non-hydrogen) atoms. The number of imidazole rings is 1. The number of fused-ring (bicyclic) bond motifs is 1. The summed E-state index contributed by atoms with van der Waals surface area (Å²) >= 11 is 7.07. The number of aromatic nitrogens is 3. The Labute approximate surface area is 94.1 Å². The number of thioether (sulfide) groups is 1. The molecule has 0 bridgehead atoms. The van der Waals surface area contributed by atoms with Gasteiger partial charge in [-0.15, -0.1) is 11.8 Å². The molecule has 2 aromatic rings. The van der Waals surface area contributed by atoms with Crippen LogP contribution in [0.25, 0.3) is 5.65 Å². The molecule has 0 saturated carbocycles. The van der Waals surface area contributed by atoms with Crippen LogP contribution in [0.2, 0.25) is 5.15 Å². The van der Waals surface area contributed by atoms with Crippen LogP contribution in [0.15, 0.2) is 17.4 Å². The minimum Gasteiger partial charge on any atom is -0.476 e. The van der Waals surface area contributed by atoms with Gasteiger partial charge in [-0.05, 0) is 6.26 Å². The normalized spacial score (nSPS) is 10.8. The average Bonchev–Trinajstić information content (AvgIpc) is 2.57. The molecule has 1 N–H and O–H groups in total. The van der Waals surface area contributed by atoms with E-state index >= 15 is 0 Å². The van der Waals surface area contributed by atoms with Crippen molar-refractivity contribution in [3.8, 4) is 0 Å². The lowest BCUT2D eigenvalue weighted by atomic mass is 10.5. The Morgan fingerprint density at radius 1 is 1.67 bits per heavy atom. The molecule has 0 radical (unpaired) electrons. The van der Waals surface area contributed by atoms with Gasteiger partial charge in [0.1, 0.15) is 5.03 Å². The predicted molar refractivity (Wildman–Crippen MR) is 56.7 cm³/mol. The molecule has 78 valence electrons. The lowest BCUT2D eigenvalue weighted by Gasteiger charge is -1.97. The van der Waals surface area contributed by atoms with Crippen molar-refractivity contribution in [3.63, 3.8) is 0 Å². The first-order chi connectivity index (χ1) is 7.15. The van der Waals surface area contributed by atoms with Gasteiger partial charge >= 0.3 is 5.97 Å². The summed E-state index contributed by atoms with van der Waals surface area (Å²) in [6.07, 6.45) is 4.72. The van der Waals surface area contributed by atoms with Gasteiger partial charge in [0.15, 0.2) is 16.5 Å². The summed E-state index contributed by atoms with van der Waals surface area (Å²) in [4.78, 5) is 19.0. The first kappa shape index (κ1) is 10.3. The Kier molecular flexibility index (Phi) is 2.54. The second-order valence-electron chi connectivity index (χ2n) is 2.69. The predicted octanol–water partition coefficient (Wildman–Crippen LogP) is 1.80. The smallest absolute Gasteiger partial charge is 0.355 e. The van der Waals surface area contributed by atoms with Gasteiger partial charge in [0.25, 0.3) is 0 Å². The number of hydrogen-bond acceptors (Lipinski definition) is 4. The topological polar surface area (TPSA) is 67.5 Å². The van der Waals surface area contributed by atoms with Crippen LogP contribution >= 0.6 is 23.4 Å². The van der Waals surface area contributed by atoms with E-state index in [1.54, 1.807) is 6.26 Å². The zero-order chi connectivity index (χ0) is 11.0. The van der Waals surface area contributed by atoms with E-state index < -0.39 is 5.97 Å². The summed E-state index contributed by atoms with van der Waals surface area (Å²) in [5.41, 5.74) is 0.475. The number of carboxylic acid groups (broad SMARTS) is 1. The largest absolute Gasteiger partial charge is 0.476 e. The van der Waals surface area contributed by atoms with E-state index in [0.29, 0.717) is 10.7 Å². The Hall–Kier alpha value is -1.27. The van der Waals surface area contributed by atoms with E-state index in [-0.39, 0.29) is 10.8 Å². The highest BCUT2D eigenvalue weighted by atomic mass is 35.5. The van der Waals surface area contributed by atoms with Crippen LogP contribution in [0.1, 0.15) is 10.5 Å². The molecule has 0 saturated heterocycles. The fraction of sp³-hybridized carbons (Fsp3) is 0.125. The summed E-state index contributed by atoms with van der Waals surface area (Å²) in [5.74, 6) is -1.03. The number of rotatable bonds is 2. The van der Waals surface area contributed by atoms with E-state index in [2.05, 4.69) is 9.97 Å². The number of hydrogen-bond donors (Lipinski definition) is 1. The van der Waals surface area contributed by atoms with Gasteiger partial charge in [-0.25, -0.2) is 14.8 Å². The summed E-state index contributed by atoms with van der Waals surface area (Å²) in [7, 11) is 0. The highest BCUT2D eigenvalue weighted by Gasteiger charge is 2.19. The van der Waals surface area contributed by atoms with Gasteiger partial charge in [0.05, 0.1) is 0 Å². The molecule has 2 rings (SSSR count). The number of carboxylic acids is 1. The molecule has 0 amide bonds. The van der Waals surface area contributed by atoms with Gasteiger partial charge in [-0.3, -0.25) is 4.40 Å². The molecule has 0 spiro atoms. The second-order valence-corrected chi connectivity index (χ2v) is 3.84. The van der Waals surface area contributed by atoms with Crippen molar-refractivity contribution in [2.75, 3.05) is 6.26 Å². The molecule has 5 nitrogen and oxygen atoms in total. The zero-order valence-electron chi connectivity index (χ0n) is 7.64. The number of halogens is 1. The molecule has 7 heteroatoms. The minimum atomic E-state index is -1.03. The van der Waals surface area contributed by atoms with Crippen LogP contribution < -0.4 is 0 Å². The Morgan fingerprint density at radius 2 is 2.40 bits per heavy atom. The van der Waals surface area contributed by atoms with Crippen molar-refractivity contribution in [2.45, 2.75) is 5.03 Å². The zero-order valence-corrected chi connectivity index (χ0v) is 9.21. The van der Waals surface area contributed by atoms with Crippen LogP contribution in [-0.4, -0.2) is 31.7 Å². The number of carbonyl (C=O) groups is 1. The van der Waals surface area contributed by atoms with Crippen LogP contribution in [0.3, 0.4) is 0 Å². The minimum absolute atomic E-state index is 0.113. The maximum absolute atomic E-state index is 11.0. The van der Waals surface area contributed by atoms with Crippen LogP contribution in [0.4, 0.5) is 0 Å². The summed E-state index contributed by atoms with van der Waals surface area (Å²) in [6.45, 7) is 0. The third kappa shape index (κ3) is 1.55. The molecule has 0 aromatic carbocycles. The fourth-order valence-corrected chi connectivity index (χ4v) is 2.01. The summed E-state index contributed by atoms with van der Waals surface area (Å²) in [6, 6.07) is 0. The lowest BCUT2D eigenvalue weighted by molar-refractivity contribution is 0.0685. The molecule has 0 atom stereocenters. The van der Waals surface area contributed by atoms with E-state index in [1.807, 2.05) is 0 Å². The first-order valence-electron chi connectivity index (χ1n) is 3.95. The van der Waals surface area contributed by atoms with E-state index in [0.717, 1.165) is 0 Å². The quantitative estimate of drug-likeness (QED) is 0.815. The molecular weight excluding hydrogens is 238 g/mol. The fourth-order valence-electron chi connectivity index (χ4n) is 1.26. The van der Waals surface area contributed by atoms with Crippen molar-refractivity contribution in [2.24, 2.45) is 0 Å². The average molecular weight is 244 g/mol. The molecule has 0 fully saturated rings. The van der Waals surface area contributed by atoms with Gasteiger partial charge in [-0.2, -0.15) is 0 Å². The molecule has 0 aliphatic carbocycles. The van der Waals surface area contributed by atoms with Crippen molar-refractivity contribution >= 4 is 35.0 Å². The Balaban J connectivity index is 2.86. The standard InChI is InChI=1S/C8H6ClN3O2S/c1-15-7-4(8(13)14)12-3-2-10-5(9)6(12)11-7/h2-3H,1H3,(H,13,14). The molecule has 0 aliphatic rings. The molecular formula is C8H6ClN3O2S. The van der Waals surface area contributed by atoms with Gasteiger partial charge in [0.2, 0.25) is 0 Å². The molecule has 2 aromatic heterocycles. The third-order valence-electron chi connectivity index (χ3n) is 1.86. The molecule has 0 unspecified atom stereocenters. The summed E-state index contributed by atoms with van der Waals surface area (Å²) < 4.78 is 1.42. The van der Waals surface area contributed by atoms with E-state index in [4.69, 9.17) is 16.7 Å². The second kappa shape index (κ2) is 3.71. The highest BCUT2D eigenvalue weighted by molar-refractivity contribution is 7.98. The maximum atomic E-state index is 11.0. The van der Waals surface area contributed by atoms with Crippen LogP contribution in [0.5, 0.6) is 0 Å². The summed E-state index contributed by atoms with van der Waals surface area (Å²) in [5, 5.41) is 9.66. The Bertz CT molecular complexity index is 540. The van der Waals surface area contributed by atoms with E-state index in [1.165, 1.54) is 28.6 Å². The van der Waals surface area contributed by atoms with Crippen LogP contribution in [-0.2, 0) is 0 Å².